The zero-order chi connectivity index (χ0) is 15.9. The normalized spacial score (nSPS) is 10.5. The maximum absolute atomic E-state index is 13.4. The predicted molar refractivity (Wildman–Crippen MR) is 86.4 cm³/mol. The largest absolute Gasteiger partial charge is 0.324 e. The molecule has 0 heterocycles. The number of carbonyl (C=O) groups excluding carboxylic acids is 1. The van der Waals surface area contributed by atoms with Crippen LogP contribution in [0.4, 0.5) is 14.5 Å². The molecule has 0 fully saturated rings. The van der Waals surface area contributed by atoms with Gasteiger partial charge in [0.05, 0.1) is 5.69 Å². The van der Waals surface area contributed by atoms with Crippen molar-refractivity contribution in [3.8, 4) is 0 Å². The van der Waals surface area contributed by atoms with Crippen LogP contribution >= 0.6 is 23.4 Å². The summed E-state index contributed by atoms with van der Waals surface area (Å²) in [5.41, 5.74) is -0.129. The highest BCUT2D eigenvalue weighted by Crippen LogP contribution is 2.21. The summed E-state index contributed by atoms with van der Waals surface area (Å²) in [6.45, 7) is 0. The summed E-state index contributed by atoms with van der Waals surface area (Å²) in [6, 6.07) is 10.4. The van der Waals surface area contributed by atoms with E-state index in [1.165, 1.54) is 0 Å². The molecule has 0 aliphatic rings. The average molecular weight is 342 g/mol. The Balaban J connectivity index is 1.74. The van der Waals surface area contributed by atoms with E-state index in [0.717, 1.165) is 28.8 Å². The van der Waals surface area contributed by atoms with Gasteiger partial charge in [0.25, 0.3) is 0 Å². The lowest BCUT2D eigenvalue weighted by Crippen LogP contribution is -2.12. The number of amides is 1. The molecule has 0 spiro atoms. The molecule has 2 nitrogen and oxygen atoms in total. The van der Waals surface area contributed by atoms with Crippen molar-refractivity contribution in [3.63, 3.8) is 0 Å². The summed E-state index contributed by atoms with van der Waals surface area (Å²) in [5.74, 6) is -0.817. The average Bonchev–Trinajstić information content (AvgIpc) is 2.49. The third-order valence-electron chi connectivity index (χ3n) is 2.83. The van der Waals surface area contributed by atoms with Crippen molar-refractivity contribution in [1.29, 1.82) is 0 Å². The van der Waals surface area contributed by atoms with E-state index < -0.39 is 11.6 Å². The van der Waals surface area contributed by atoms with Gasteiger partial charge in [0.15, 0.2) is 0 Å². The summed E-state index contributed by atoms with van der Waals surface area (Å²) >= 11 is 7.41. The fourth-order valence-corrected chi connectivity index (χ4v) is 2.74. The second kappa shape index (κ2) is 8.15. The quantitative estimate of drug-likeness (QED) is 0.583. The number of hydrogen-bond acceptors (Lipinski definition) is 2. The van der Waals surface area contributed by atoms with Gasteiger partial charge in [0.1, 0.15) is 11.6 Å². The van der Waals surface area contributed by atoms with Crippen LogP contribution in [-0.4, -0.2) is 11.7 Å². The van der Waals surface area contributed by atoms with Gasteiger partial charge in [0.2, 0.25) is 5.91 Å². The van der Waals surface area contributed by atoms with Crippen LogP contribution in [0.1, 0.15) is 12.8 Å². The Hall–Kier alpha value is -1.59. The lowest BCUT2D eigenvalue weighted by atomic mass is 10.2. The molecule has 2 aromatic rings. The second-order valence-corrected chi connectivity index (χ2v) is 6.18. The van der Waals surface area contributed by atoms with E-state index in [1.807, 2.05) is 24.3 Å². The molecular formula is C16H14ClF2NOS. The molecule has 22 heavy (non-hydrogen) atoms. The van der Waals surface area contributed by atoms with Gasteiger partial charge < -0.3 is 5.32 Å². The summed E-state index contributed by atoms with van der Waals surface area (Å²) in [6.07, 6.45) is 0.882. The molecule has 2 rings (SSSR count). The van der Waals surface area contributed by atoms with E-state index in [4.69, 9.17) is 11.6 Å². The van der Waals surface area contributed by atoms with Gasteiger partial charge in [0, 0.05) is 22.4 Å². The minimum atomic E-state index is -0.648. The number of thioether (sulfide) groups is 1. The fourth-order valence-electron chi connectivity index (χ4n) is 1.76. The first kappa shape index (κ1) is 16.8. The molecule has 116 valence electrons. The minimum absolute atomic E-state index is 0.129. The predicted octanol–water partition coefficient (Wildman–Crippen LogP) is 5.13. The van der Waals surface area contributed by atoms with Gasteiger partial charge in [-0.3, -0.25) is 4.79 Å². The molecule has 0 saturated heterocycles. The number of benzene rings is 2. The van der Waals surface area contributed by atoms with Gasteiger partial charge in [-0.15, -0.1) is 11.8 Å². The van der Waals surface area contributed by atoms with Gasteiger partial charge >= 0.3 is 0 Å². The minimum Gasteiger partial charge on any atom is -0.324 e. The number of rotatable bonds is 6. The molecule has 0 atom stereocenters. The van der Waals surface area contributed by atoms with E-state index in [1.54, 1.807) is 11.8 Å². The summed E-state index contributed by atoms with van der Waals surface area (Å²) in [4.78, 5) is 12.8. The third-order valence-corrected chi connectivity index (χ3v) is 4.18. The Morgan fingerprint density at radius 2 is 1.86 bits per heavy atom. The Kier molecular flexibility index (Phi) is 6.21. The van der Waals surface area contributed by atoms with Gasteiger partial charge in [-0.2, -0.15) is 0 Å². The third kappa shape index (κ3) is 5.31. The number of halogens is 3. The van der Waals surface area contributed by atoms with Crippen molar-refractivity contribution in [3.05, 3.63) is 59.1 Å². The summed E-state index contributed by atoms with van der Waals surface area (Å²) in [7, 11) is 0. The van der Waals surface area contributed by atoms with Gasteiger partial charge in [-0.25, -0.2) is 8.78 Å². The van der Waals surface area contributed by atoms with Crippen molar-refractivity contribution in [2.45, 2.75) is 17.7 Å². The molecule has 0 radical (unpaired) electrons. The monoisotopic (exact) mass is 341 g/mol. The zero-order valence-electron chi connectivity index (χ0n) is 11.6. The first-order valence-corrected chi connectivity index (χ1v) is 8.04. The lowest BCUT2D eigenvalue weighted by molar-refractivity contribution is -0.116. The lowest BCUT2D eigenvalue weighted by Gasteiger charge is -2.06. The Morgan fingerprint density at radius 3 is 2.59 bits per heavy atom. The van der Waals surface area contributed by atoms with Crippen molar-refractivity contribution in [1.82, 2.24) is 0 Å². The number of carbonyl (C=O) groups is 1. The van der Waals surface area contributed by atoms with E-state index in [0.29, 0.717) is 11.4 Å². The highest BCUT2D eigenvalue weighted by molar-refractivity contribution is 7.99. The standard InChI is InChI=1S/C16H14ClF2NOS/c17-11-3-6-13(7-4-11)22-9-1-2-16(21)20-15-10-12(18)5-8-14(15)19/h3-8,10H,1-2,9H2,(H,20,21). The van der Waals surface area contributed by atoms with Crippen LogP contribution in [0.5, 0.6) is 0 Å². The molecule has 1 N–H and O–H groups in total. The molecule has 6 heteroatoms. The maximum atomic E-state index is 13.4. The highest BCUT2D eigenvalue weighted by Gasteiger charge is 2.08. The zero-order valence-corrected chi connectivity index (χ0v) is 13.2. The van der Waals surface area contributed by atoms with Crippen LogP contribution in [0, 0.1) is 11.6 Å². The van der Waals surface area contributed by atoms with Crippen LogP contribution in [0.3, 0.4) is 0 Å². The second-order valence-electron chi connectivity index (χ2n) is 4.58. The van der Waals surface area contributed by atoms with Crippen LogP contribution < -0.4 is 5.32 Å². The SMILES string of the molecule is O=C(CCCSc1ccc(Cl)cc1)Nc1cc(F)ccc1F. The van der Waals surface area contributed by atoms with E-state index in [9.17, 15) is 13.6 Å². The number of nitrogens with one attached hydrogen (secondary N) is 1. The molecule has 0 bridgehead atoms. The fraction of sp³-hybridized carbons (Fsp3) is 0.188. The molecule has 2 aromatic carbocycles. The van der Waals surface area contributed by atoms with E-state index in [2.05, 4.69) is 5.32 Å². The van der Waals surface area contributed by atoms with Gasteiger partial charge in [-0.1, -0.05) is 11.6 Å². The van der Waals surface area contributed by atoms with Crippen molar-refractivity contribution >= 4 is 35.0 Å². The molecule has 0 unspecified atom stereocenters. The van der Waals surface area contributed by atoms with Crippen molar-refractivity contribution < 1.29 is 13.6 Å². The summed E-state index contributed by atoms with van der Waals surface area (Å²) < 4.78 is 26.4. The maximum Gasteiger partial charge on any atom is 0.224 e. The first-order valence-electron chi connectivity index (χ1n) is 6.68. The number of anilines is 1. The van der Waals surface area contributed by atoms with Crippen LogP contribution in [0.15, 0.2) is 47.4 Å². The van der Waals surface area contributed by atoms with Crippen LogP contribution in [0.25, 0.3) is 0 Å². The topological polar surface area (TPSA) is 29.1 Å². The highest BCUT2D eigenvalue weighted by atomic mass is 35.5. The number of hydrogen-bond donors (Lipinski definition) is 1. The Labute approximate surface area is 136 Å². The molecular weight excluding hydrogens is 328 g/mol. The van der Waals surface area contributed by atoms with Gasteiger partial charge in [-0.05, 0) is 48.6 Å². The molecule has 1 amide bonds. The Bertz CT molecular complexity index is 649. The molecule has 0 aliphatic heterocycles. The molecule has 0 aliphatic carbocycles. The van der Waals surface area contributed by atoms with E-state index in [-0.39, 0.29) is 18.0 Å². The molecule has 0 saturated carbocycles. The Morgan fingerprint density at radius 1 is 1.14 bits per heavy atom. The molecule has 0 aromatic heterocycles. The van der Waals surface area contributed by atoms with Crippen LogP contribution in [-0.2, 0) is 4.79 Å². The van der Waals surface area contributed by atoms with Crippen molar-refractivity contribution in [2.24, 2.45) is 0 Å². The smallest absolute Gasteiger partial charge is 0.224 e. The first-order chi connectivity index (χ1) is 10.5. The van der Waals surface area contributed by atoms with Crippen LogP contribution in [0.2, 0.25) is 5.02 Å². The van der Waals surface area contributed by atoms with Crippen molar-refractivity contribution in [2.75, 3.05) is 11.1 Å². The summed E-state index contributed by atoms with van der Waals surface area (Å²) in [5, 5.41) is 3.06. The van der Waals surface area contributed by atoms with E-state index >= 15 is 0 Å².